The third kappa shape index (κ3) is 8.67. The van der Waals surface area contributed by atoms with Crippen molar-refractivity contribution in [1.29, 1.82) is 0 Å². The zero-order valence-corrected chi connectivity index (χ0v) is 34.0. The monoisotopic (exact) mass is 1040 g/mol. The van der Waals surface area contributed by atoms with Crippen LogP contribution in [0.25, 0.3) is 0 Å². The molecule has 0 heterocycles. The standard InChI is InChI=1S/C24BF20.C17H14BrO2S/c26-5-1(6(27)14(35)21(42)13(5)34)25(2-7(28)15(36)22(43)16(37)8(2)29,3-9(30)17(38)23(44)18(39)10(3)31)4-11(32)19(40)24(45)20(41)12(4)33;1-21(20,12-11-14-5-3-2-4-6-14)13-17(19)15-7-9-16(18)10-8-15/h;2-10H,13H2,1H3/q-1;+1. The molecule has 0 aromatic heterocycles. The van der Waals surface area contributed by atoms with Crippen LogP contribution < -0.4 is 21.9 Å². The topological polar surface area (TPSA) is 34.1 Å². The molecule has 0 aliphatic rings. The lowest BCUT2D eigenvalue weighted by molar-refractivity contribution is 0.102. The Balaban J connectivity index is 0.000000324. The summed E-state index contributed by atoms with van der Waals surface area (Å²) >= 11 is 3.32. The summed E-state index contributed by atoms with van der Waals surface area (Å²) in [4.78, 5) is 12.1. The number of hydrogen-bond acceptors (Lipinski definition) is 2. The summed E-state index contributed by atoms with van der Waals surface area (Å²) in [6, 6.07) is 16.3. The molecule has 66 heavy (non-hydrogen) atoms. The number of rotatable bonds is 7. The SMILES string of the molecule is C[S+](=O)(C#Cc1ccccc1)CC(=O)c1ccc(Br)cc1.Fc1c(F)c(F)c([B-](c2c(F)c(F)c(F)c(F)c2F)(c2c(F)c(F)c(F)c(F)c2F)c2c(F)c(F)c(F)c(F)c2F)c(F)c1F. The van der Waals surface area contributed by atoms with Gasteiger partial charge in [0.2, 0.25) is 5.78 Å². The number of carbonyl (C=O) groups is 1. The summed E-state index contributed by atoms with van der Waals surface area (Å²) in [6.45, 7) is 0. The van der Waals surface area contributed by atoms with Crippen molar-refractivity contribution in [2.24, 2.45) is 0 Å². The van der Waals surface area contributed by atoms with Crippen molar-refractivity contribution >= 4 is 59.6 Å². The summed E-state index contributed by atoms with van der Waals surface area (Å²) in [5.41, 5.74) is -13.0. The third-order valence-corrected chi connectivity index (χ3v) is 11.3. The van der Waals surface area contributed by atoms with E-state index in [0.717, 1.165) is 10.0 Å². The first-order chi connectivity index (χ1) is 30.7. The predicted octanol–water partition coefficient (Wildman–Crippen LogP) is 9.62. The molecule has 6 aromatic carbocycles. The largest absolute Gasteiger partial charge is 0.289 e. The molecule has 0 bridgehead atoms. The van der Waals surface area contributed by atoms with E-state index in [2.05, 4.69) is 27.1 Å². The van der Waals surface area contributed by atoms with Crippen LogP contribution in [0.5, 0.6) is 0 Å². The van der Waals surface area contributed by atoms with Gasteiger partial charge in [0.1, 0.15) is 58.9 Å². The normalized spacial score (nSPS) is 12.3. The molecule has 0 fully saturated rings. The zero-order chi connectivity index (χ0) is 49.7. The third-order valence-electron chi connectivity index (χ3n) is 9.46. The van der Waals surface area contributed by atoms with Gasteiger partial charge in [0.25, 0.3) is 0 Å². The first-order valence-electron chi connectivity index (χ1n) is 17.2. The minimum Gasteiger partial charge on any atom is -0.289 e. The number of benzene rings is 6. The predicted molar refractivity (Wildman–Crippen MR) is 200 cm³/mol. The van der Waals surface area contributed by atoms with Gasteiger partial charge in [-0.05, 0) is 30.2 Å². The Morgan fingerprint density at radius 2 is 0.697 bits per heavy atom. The van der Waals surface area contributed by atoms with Gasteiger partial charge in [0.15, 0.2) is 90.7 Å². The second kappa shape index (κ2) is 19.0. The van der Waals surface area contributed by atoms with E-state index in [-0.39, 0.29) is 11.5 Å². The Hall–Kier alpha value is -6.16. The Kier molecular flexibility index (Phi) is 14.6. The van der Waals surface area contributed by atoms with Crippen LogP contribution in [0.4, 0.5) is 87.8 Å². The fraction of sp³-hybridized carbons (Fsp3) is 0.0488. The molecule has 0 aliphatic carbocycles. The molecular weight excluding hydrogens is 1030 g/mol. The number of carbonyl (C=O) groups excluding carboxylic acids is 1. The quantitative estimate of drug-likeness (QED) is 0.0304. The van der Waals surface area contributed by atoms with Crippen LogP contribution in [0.2, 0.25) is 0 Å². The van der Waals surface area contributed by atoms with Crippen molar-refractivity contribution in [2.45, 2.75) is 0 Å². The van der Waals surface area contributed by atoms with E-state index < -0.39 is 154 Å². The average molecular weight is 1040 g/mol. The van der Waals surface area contributed by atoms with Crippen LogP contribution in [0.1, 0.15) is 15.9 Å². The van der Waals surface area contributed by atoms with Gasteiger partial charge < -0.3 is 0 Å². The molecule has 6 rings (SSSR count). The van der Waals surface area contributed by atoms with Crippen molar-refractivity contribution < 1.29 is 96.8 Å². The van der Waals surface area contributed by atoms with Crippen LogP contribution in [0.15, 0.2) is 59.1 Å². The van der Waals surface area contributed by atoms with Crippen LogP contribution in [0, 0.1) is 128 Å². The Morgan fingerprint density at radius 3 is 0.970 bits per heavy atom. The van der Waals surface area contributed by atoms with Crippen molar-refractivity contribution in [1.82, 2.24) is 0 Å². The lowest BCUT2D eigenvalue weighted by Gasteiger charge is -2.44. The van der Waals surface area contributed by atoms with Crippen LogP contribution in [-0.2, 0) is 14.1 Å². The Bertz CT molecular complexity index is 2700. The smallest absolute Gasteiger partial charge is 0.212 e. The maximum Gasteiger partial charge on any atom is 0.212 e. The van der Waals surface area contributed by atoms with Gasteiger partial charge in [-0.3, -0.25) is 4.79 Å². The van der Waals surface area contributed by atoms with Gasteiger partial charge in [-0.1, -0.05) is 50.5 Å². The summed E-state index contributed by atoms with van der Waals surface area (Å²) < 4.78 is 307. The van der Waals surface area contributed by atoms with Gasteiger partial charge in [0.05, 0.1) is 0 Å². The van der Waals surface area contributed by atoms with E-state index >= 15 is 35.1 Å². The molecule has 0 saturated heterocycles. The highest BCUT2D eigenvalue weighted by Crippen LogP contribution is 2.31. The van der Waals surface area contributed by atoms with Gasteiger partial charge in [-0.2, -0.15) is 0 Å². The van der Waals surface area contributed by atoms with Crippen molar-refractivity contribution in [3.63, 3.8) is 0 Å². The molecule has 1 unspecified atom stereocenters. The summed E-state index contributed by atoms with van der Waals surface area (Å²) in [6.07, 6.45) is -5.69. The van der Waals surface area contributed by atoms with Gasteiger partial charge in [-0.15, -0.1) is 21.9 Å². The molecule has 0 amide bonds. The molecule has 0 radical (unpaired) electrons. The molecule has 0 saturated carbocycles. The zero-order valence-electron chi connectivity index (χ0n) is 31.6. The molecule has 0 aliphatic heterocycles. The summed E-state index contributed by atoms with van der Waals surface area (Å²) in [7, 11) is -2.51. The molecule has 0 spiro atoms. The minimum atomic E-state index is -7.22. The van der Waals surface area contributed by atoms with Crippen molar-refractivity contribution in [3.05, 3.63) is 187 Å². The maximum absolute atomic E-state index is 15.4. The molecule has 346 valence electrons. The fourth-order valence-electron chi connectivity index (χ4n) is 6.57. The van der Waals surface area contributed by atoms with E-state index in [4.69, 9.17) is 0 Å². The number of hydrogen-bond donors (Lipinski definition) is 0. The van der Waals surface area contributed by atoms with Crippen molar-refractivity contribution in [2.75, 3.05) is 12.0 Å². The molecule has 25 heteroatoms. The van der Waals surface area contributed by atoms with Gasteiger partial charge in [0, 0.05) is 15.6 Å². The highest BCUT2D eigenvalue weighted by atomic mass is 79.9. The molecule has 2 nitrogen and oxygen atoms in total. The van der Waals surface area contributed by atoms with Crippen LogP contribution in [0.3, 0.4) is 0 Å². The second-order valence-electron chi connectivity index (χ2n) is 13.5. The summed E-state index contributed by atoms with van der Waals surface area (Å²) in [5, 5.41) is 2.74. The van der Waals surface area contributed by atoms with Crippen molar-refractivity contribution in [3.8, 4) is 11.2 Å². The van der Waals surface area contributed by atoms with E-state index in [1.54, 1.807) is 24.3 Å². The molecule has 1 atom stereocenters. The summed E-state index contributed by atoms with van der Waals surface area (Å²) in [5.74, 6) is -68.8. The van der Waals surface area contributed by atoms with E-state index in [1.165, 1.54) is 6.26 Å². The average Bonchev–Trinajstić information content (AvgIpc) is 3.28. The highest BCUT2D eigenvalue weighted by molar-refractivity contribution is 9.10. The fourth-order valence-corrected chi connectivity index (χ4v) is 7.91. The first-order valence-corrected chi connectivity index (χ1v) is 20.2. The van der Waals surface area contributed by atoms with Gasteiger partial charge >= 0.3 is 0 Å². The molecule has 6 aromatic rings. The number of halogens is 21. The first kappa shape index (κ1) is 50.8. The van der Waals surface area contributed by atoms with E-state index in [0.29, 0.717) is 5.56 Å². The van der Waals surface area contributed by atoms with Gasteiger partial charge in [-0.25, -0.2) is 87.8 Å². The van der Waals surface area contributed by atoms with Crippen LogP contribution >= 0.6 is 15.9 Å². The Labute approximate surface area is 365 Å². The minimum absolute atomic E-state index is 0.0610. The number of Topliss-reactive ketones (excluding diaryl/α,β-unsaturated/α-hetero) is 1. The molecular formula is C41H14BBrF20O2S. The second-order valence-corrected chi connectivity index (χ2v) is 16.9. The molecule has 0 N–H and O–H groups in total. The lowest BCUT2D eigenvalue weighted by Crippen LogP contribution is -2.81. The van der Waals surface area contributed by atoms with E-state index in [1.807, 2.05) is 30.3 Å². The highest BCUT2D eigenvalue weighted by Gasteiger charge is 2.52. The lowest BCUT2D eigenvalue weighted by atomic mass is 9.12. The van der Waals surface area contributed by atoms with E-state index in [9.17, 15) is 61.7 Å². The Morgan fingerprint density at radius 1 is 0.439 bits per heavy atom. The van der Waals surface area contributed by atoms with Crippen LogP contribution in [-0.4, -0.2) is 23.9 Å². The maximum atomic E-state index is 15.4. The number of ketones is 1.